The third-order valence-electron chi connectivity index (χ3n) is 1.79. The lowest BCUT2D eigenvalue weighted by molar-refractivity contribution is 1.68. The van der Waals surface area contributed by atoms with Crippen LogP contribution in [0, 0.1) is 6.92 Å². The first-order chi connectivity index (χ1) is 5.38. The van der Waals surface area contributed by atoms with Crippen LogP contribution in [0.3, 0.4) is 0 Å². The summed E-state index contributed by atoms with van der Waals surface area (Å²) in [6.07, 6.45) is 0. The molecule has 0 heteroatoms. The van der Waals surface area contributed by atoms with Crippen molar-refractivity contribution < 1.29 is 0 Å². The molecule has 11 heavy (non-hydrogen) atoms. The Balaban J connectivity index is 2.91. The Morgan fingerprint density at radius 1 is 0.818 bits per heavy atom. The van der Waals surface area contributed by atoms with Crippen molar-refractivity contribution in [2.45, 2.75) is 0 Å². The topological polar surface area (TPSA) is 0 Å². The summed E-state index contributed by atoms with van der Waals surface area (Å²) in [6.45, 7) is 7.56. The van der Waals surface area contributed by atoms with Crippen molar-refractivity contribution in [1.29, 1.82) is 0 Å². The highest BCUT2D eigenvalue weighted by Crippen LogP contribution is 2.16. The van der Waals surface area contributed by atoms with Gasteiger partial charge in [-0.2, -0.15) is 0 Å². The van der Waals surface area contributed by atoms with Gasteiger partial charge in [0.1, 0.15) is 0 Å². The smallest absolute Gasteiger partial charge is 0.0306 e. The van der Waals surface area contributed by atoms with E-state index in [-0.39, 0.29) is 0 Å². The average Bonchev–Trinajstić information content (AvgIpc) is 2.06. The van der Waals surface area contributed by atoms with E-state index in [1.54, 1.807) is 0 Å². The van der Waals surface area contributed by atoms with Gasteiger partial charge in [0.05, 0.1) is 0 Å². The van der Waals surface area contributed by atoms with E-state index in [0.29, 0.717) is 5.56 Å². The zero-order valence-electron chi connectivity index (χ0n) is 6.04. The molecule has 0 amide bonds. The Morgan fingerprint density at radius 2 is 1.55 bits per heavy atom. The average molecular weight is 139 g/mol. The normalized spacial score (nSPS) is 10.3. The predicted octanol–water partition coefficient (Wildman–Crippen LogP) is 2.78. The second-order valence-corrected chi connectivity index (χ2v) is 2.53. The second-order valence-electron chi connectivity index (χ2n) is 2.53. The standard InChI is InChI=1S/C11H7/c1-9-5-4-7-10-6-2-3-8-11(9)10/h2-8H. The number of rotatable bonds is 0. The Bertz CT molecular complexity index is 369. The first-order valence-electron chi connectivity index (χ1n) is 3.57. The fourth-order valence-corrected chi connectivity index (χ4v) is 1.23. The van der Waals surface area contributed by atoms with Crippen LogP contribution in [-0.4, -0.2) is 0 Å². The summed E-state index contributed by atoms with van der Waals surface area (Å²) in [5.74, 6) is 0. The molecule has 0 aliphatic heterocycles. The maximum atomic E-state index is 7.56. The molecule has 0 heterocycles. The molecule has 0 unspecified atom stereocenters. The summed E-state index contributed by atoms with van der Waals surface area (Å²) in [5.41, 5.74) is 0.600. The lowest BCUT2D eigenvalue weighted by Crippen LogP contribution is -1.75. The SMILES string of the molecule is [C]c1cccc2ccccc12. The highest BCUT2D eigenvalue weighted by Gasteiger charge is 1.92. The third-order valence-corrected chi connectivity index (χ3v) is 1.79. The van der Waals surface area contributed by atoms with Crippen LogP contribution >= 0.6 is 0 Å². The summed E-state index contributed by atoms with van der Waals surface area (Å²) >= 11 is 0. The molecule has 0 fully saturated rings. The van der Waals surface area contributed by atoms with E-state index in [4.69, 9.17) is 6.92 Å². The van der Waals surface area contributed by atoms with Crippen LogP contribution in [0.5, 0.6) is 0 Å². The van der Waals surface area contributed by atoms with Crippen LogP contribution in [0.4, 0.5) is 0 Å². The molecule has 2 aromatic rings. The van der Waals surface area contributed by atoms with Crippen molar-refractivity contribution in [2.75, 3.05) is 0 Å². The molecule has 2 rings (SSSR count). The lowest BCUT2D eigenvalue weighted by atomic mass is 10.1. The molecule has 0 saturated heterocycles. The molecule has 0 saturated carbocycles. The minimum atomic E-state index is 0.600. The fraction of sp³-hybridized carbons (Fsp3) is 0. The lowest BCUT2D eigenvalue weighted by Gasteiger charge is -1.98. The van der Waals surface area contributed by atoms with Gasteiger partial charge in [-0.05, 0) is 16.3 Å². The minimum absolute atomic E-state index is 0.600. The molecular weight excluding hydrogens is 132 g/mol. The first kappa shape index (κ1) is 6.41. The van der Waals surface area contributed by atoms with Gasteiger partial charge in [0.15, 0.2) is 0 Å². The molecule has 0 aliphatic rings. The van der Waals surface area contributed by atoms with Crippen molar-refractivity contribution in [2.24, 2.45) is 0 Å². The second kappa shape index (κ2) is 2.39. The summed E-state index contributed by atoms with van der Waals surface area (Å²) in [5, 5.41) is 2.16. The molecule has 0 aromatic heterocycles. The van der Waals surface area contributed by atoms with Gasteiger partial charge in [-0.15, -0.1) is 0 Å². The van der Waals surface area contributed by atoms with Gasteiger partial charge >= 0.3 is 0 Å². The highest BCUT2D eigenvalue weighted by molar-refractivity contribution is 5.86. The Morgan fingerprint density at radius 3 is 2.36 bits per heavy atom. The van der Waals surface area contributed by atoms with Crippen LogP contribution < -0.4 is 0 Å². The largest absolute Gasteiger partial charge is 0.0616 e. The number of hydrogen-bond donors (Lipinski definition) is 0. The first-order valence-corrected chi connectivity index (χ1v) is 3.57. The van der Waals surface area contributed by atoms with Crippen LogP contribution in [0.25, 0.3) is 10.8 Å². The van der Waals surface area contributed by atoms with Gasteiger partial charge in [-0.3, -0.25) is 0 Å². The van der Waals surface area contributed by atoms with E-state index in [9.17, 15) is 0 Å². The van der Waals surface area contributed by atoms with Crippen molar-refractivity contribution >= 4 is 10.8 Å². The van der Waals surface area contributed by atoms with Gasteiger partial charge in [0.2, 0.25) is 0 Å². The zero-order valence-corrected chi connectivity index (χ0v) is 6.04. The molecule has 51 valence electrons. The van der Waals surface area contributed by atoms with Crippen LogP contribution in [0.2, 0.25) is 0 Å². The van der Waals surface area contributed by atoms with Crippen molar-refractivity contribution in [1.82, 2.24) is 0 Å². The van der Waals surface area contributed by atoms with Gasteiger partial charge in [0.25, 0.3) is 0 Å². The van der Waals surface area contributed by atoms with E-state index in [2.05, 4.69) is 0 Å². The quantitative estimate of drug-likeness (QED) is 0.526. The molecule has 0 bridgehead atoms. The maximum absolute atomic E-state index is 7.56. The fourth-order valence-electron chi connectivity index (χ4n) is 1.23. The molecule has 3 radical (unpaired) electrons. The minimum Gasteiger partial charge on any atom is -0.0616 e. The van der Waals surface area contributed by atoms with Gasteiger partial charge in [-0.25, -0.2) is 0 Å². The summed E-state index contributed by atoms with van der Waals surface area (Å²) in [6, 6.07) is 13.7. The van der Waals surface area contributed by atoms with Crippen LogP contribution in [0.15, 0.2) is 42.5 Å². The Labute approximate surface area is 66.5 Å². The maximum Gasteiger partial charge on any atom is 0.0306 e. The van der Waals surface area contributed by atoms with Crippen molar-refractivity contribution in [3.05, 3.63) is 55.0 Å². The predicted molar refractivity (Wildman–Crippen MR) is 46.3 cm³/mol. The van der Waals surface area contributed by atoms with Crippen LogP contribution in [0.1, 0.15) is 5.56 Å². The van der Waals surface area contributed by atoms with Gasteiger partial charge in [-0.1, -0.05) is 42.5 Å². The molecule has 0 atom stereocenters. The summed E-state index contributed by atoms with van der Waals surface area (Å²) in [7, 11) is 0. The third kappa shape index (κ3) is 1.01. The zero-order chi connectivity index (χ0) is 7.68. The van der Waals surface area contributed by atoms with Crippen molar-refractivity contribution in [3.63, 3.8) is 0 Å². The molecule has 0 spiro atoms. The van der Waals surface area contributed by atoms with Gasteiger partial charge < -0.3 is 0 Å². The van der Waals surface area contributed by atoms with Crippen LogP contribution in [-0.2, 0) is 0 Å². The molecule has 2 aromatic carbocycles. The Hall–Kier alpha value is -1.30. The summed E-state index contributed by atoms with van der Waals surface area (Å²) in [4.78, 5) is 0. The summed E-state index contributed by atoms with van der Waals surface area (Å²) < 4.78 is 0. The Kier molecular flexibility index (Phi) is 1.39. The van der Waals surface area contributed by atoms with E-state index < -0.39 is 0 Å². The highest BCUT2D eigenvalue weighted by atomic mass is 14.0. The molecule has 0 N–H and O–H groups in total. The van der Waals surface area contributed by atoms with E-state index >= 15 is 0 Å². The van der Waals surface area contributed by atoms with Gasteiger partial charge in [0, 0.05) is 6.92 Å². The molecular formula is C11H7. The monoisotopic (exact) mass is 139 g/mol. The molecule has 0 aliphatic carbocycles. The van der Waals surface area contributed by atoms with E-state index in [1.165, 1.54) is 0 Å². The number of benzene rings is 2. The molecule has 0 nitrogen and oxygen atoms in total. The van der Waals surface area contributed by atoms with Crippen molar-refractivity contribution in [3.8, 4) is 0 Å². The van der Waals surface area contributed by atoms with E-state index in [1.807, 2.05) is 42.5 Å². The number of fused-ring (bicyclic) bond motifs is 1. The van der Waals surface area contributed by atoms with E-state index in [0.717, 1.165) is 10.8 Å². The number of hydrogen-bond acceptors (Lipinski definition) is 0.